The maximum Gasteiger partial charge on any atom is 0.306 e. The molecule has 2 atom stereocenters. The Balaban J connectivity index is 2.43. The number of hydrogen-bond donors (Lipinski definition) is 0. The zero-order valence-electron chi connectivity index (χ0n) is 7.30. The minimum absolute atomic E-state index is 0.00435. The van der Waals surface area contributed by atoms with E-state index < -0.39 is 0 Å². The third kappa shape index (κ3) is 1.95. The predicted octanol–water partition coefficient (Wildman–Crippen LogP) is 2.13. The van der Waals surface area contributed by atoms with Crippen molar-refractivity contribution in [1.29, 1.82) is 0 Å². The first-order chi connectivity index (χ1) is 5.27. The number of carbonyl (C=O) groups excluding carboxylic acids is 1. The highest BCUT2D eigenvalue weighted by molar-refractivity contribution is 5.72. The molecule has 1 fully saturated rings. The second-order valence-electron chi connectivity index (χ2n) is 3.19. The van der Waals surface area contributed by atoms with Crippen LogP contribution in [0.15, 0.2) is 0 Å². The second kappa shape index (κ2) is 3.74. The van der Waals surface area contributed by atoms with Gasteiger partial charge in [-0.15, -0.1) is 0 Å². The van der Waals surface area contributed by atoms with Gasteiger partial charge in [0.2, 0.25) is 0 Å². The third-order valence-corrected chi connectivity index (χ3v) is 2.34. The van der Waals surface area contributed by atoms with E-state index in [4.69, 9.17) is 4.74 Å². The molecule has 2 heteroatoms. The van der Waals surface area contributed by atoms with Gasteiger partial charge in [0, 0.05) is 5.92 Å². The van der Waals surface area contributed by atoms with Gasteiger partial charge in [-0.1, -0.05) is 20.3 Å². The summed E-state index contributed by atoms with van der Waals surface area (Å²) >= 11 is 0. The van der Waals surface area contributed by atoms with Gasteiger partial charge in [0.15, 0.2) is 0 Å². The smallest absolute Gasteiger partial charge is 0.306 e. The molecule has 1 rings (SSSR count). The first-order valence-electron chi connectivity index (χ1n) is 4.47. The number of rotatable bonds is 3. The molecular formula is C9H16O2. The highest BCUT2D eigenvalue weighted by Gasteiger charge is 2.32. The summed E-state index contributed by atoms with van der Waals surface area (Å²) in [5.41, 5.74) is 0. The zero-order chi connectivity index (χ0) is 8.27. The number of ether oxygens (including phenoxy) is 1. The van der Waals surface area contributed by atoms with E-state index in [2.05, 4.69) is 13.8 Å². The van der Waals surface area contributed by atoms with Crippen LogP contribution in [-0.2, 0) is 9.53 Å². The van der Waals surface area contributed by atoms with Crippen molar-refractivity contribution in [3.05, 3.63) is 0 Å². The van der Waals surface area contributed by atoms with E-state index in [1.165, 1.54) is 0 Å². The van der Waals surface area contributed by atoms with Crippen LogP contribution in [0.25, 0.3) is 0 Å². The average molecular weight is 156 g/mol. The molecule has 0 aromatic carbocycles. The van der Waals surface area contributed by atoms with Crippen LogP contribution in [0.4, 0.5) is 0 Å². The molecule has 0 amide bonds. The van der Waals surface area contributed by atoms with E-state index in [0.717, 1.165) is 19.3 Å². The minimum Gasteiger partial charge on any atom is -0.462 e. The van der Waals surface area contributed by atoms with E-state index in [-0.39, 0.29) is 12.1 Å². The maximum atomic E-state index is 10.9. The van der Waals surface area contributed by atoms with Gasteiger partial charge in [-0.2, -0.15) is 0 Å². The number of esters is 1. The second-order valence-corrected chi connectivity index (χ2v) is 3.19. The van der Waals surface area contributed by atoms with Gasteiger partial charge in [0.1, 0.15) is 6.10 Å². The van der Waals surface area contributed by atoms with E-state index in [1.54, 1.807) is 0 Å². The fourth-order valence-electron chi connectivity index (χ4n) is 1.65. The lowest BCUT2D eigenvalue weighted by atomic mass is 9.95. The maximum absolute atomic E-state index is 10.9. The van der Waals surface area contributed by atoms with Gasteiger partial charge in [-0.05, 0) is 12.8 Å². The van der Waals surface area contributed by atoms with Crippen LogP contribution in [0.1, 0.15) is 39.5 Å². The largest absolute Gasteiger partial charge is 0.462 e. The molecule has 0 N–H and O–H groups in total. The molecule has 0 aliphatic carbocycles. The molecule has 1 heterocycles. The standard InChI is InChI=1S/C9H16O2/c1-3-5-8-7(4-2)6-9(10)11-8/h7-8H,3-6H2,1-2H3/t7-,8+/m1/s1. The van der Waals surface area contributed by atoms with Gasteiger partial charge in [-0.25, -0.2) is 0 Å². The number of carbonyl (C=O) groups is 1. The topological polar surface area (TPSA) is 26.3 Å². The Kier molecular flexibility index (Phi) is 2.92. The third-order valence-electron chi connectivity index (χ3n) is 2.34. The van der Waals surface area contributed by atoms with Crippen molar-refractivity contribution in [1.82, 2.24) is 0 Å². The van der Waals surface area contributed by atoms with E-state index in [1.807, 2.05) is 0 Å². The first-order valence-corrected chi connectivity index (χ1v) is 4.47. The summed E-state index contributed by atoms with van der Waals surface area (Å²) in [5, 5.41) is 0. The molecule has 64 valence electrons. The molecule has 1 aliphatic rings. The van der Waals surface area contributed by atoms with Gasteiger partial charge >= 0.3 is 5.97 Å². The van der Waals surface area contributed by atoms with E-state index in [9.17, 15) is 4.79 Å². The van der Waals surface area contributed by atoms with Crippen molar-refractivity contribution in [3.8, 4) is 0 Å². The molecule has 0 radical (unpaired) electrons. The summed E-state index contributed by atoms with van der Waals surface area (Å²) in [4.78, 5) is 10.9. The Hall–Kier alpha value is -0.530. The lowest BCUT2D eigenvalue weighted by Crippen LogP contribution is -2.14. The van der Waals surface area contributed by atoms with Gasteiger partial charge in [0.05, 0.1) is 6.42 Å². The fraction of sp³-hybridized carbons (Fsp3) is 0.889. The van der Waals surface area contributed by atoms with E-state index >= 15 is 0 Å². The number of hydrogen-bond acceptors (Lipinski definition) is 2. The van der Waals surface area contributed by atoms with Crippen molar-refractivity contribution in [3.63, 3.8) is 0 Å². The first kappa shape index (κ1) is 8.57. The van der Waals surface area contributed by atoms with Crippen LogP contribution in [0.2, 0.25) is 0 Å². The molecule has 1 saturated heterocycles. The summed E-state index contributed by atoms with van der Waals surface area (Å²) in [7, 11) is 0. The molecule has 0 unspecified atom stereocenters. The molecule has 0 saturated carbocycles. The average Bonchev–Trinajstić information content (AvgIpc) is 2.32. The number of cyclic esters (lactones) is 1. The van der Waals surface area contributed by atoms with Crippen LogP contribution < -0.4 is 0 Å². The zero-order valence-corrected chi connectivity index (χ0v) is 7.30. The van der Waals surface area contributed by atoms with Gasteiger partial charge in [-0.3, -0.25) is 4.79 Å². The van der Waals surface area contributed by atoms with Gasteiger partial charge < -0.3 is 4.74 Å². The summed E-state index contributed by atoms with van der Waals surface area (Å²) in [6.07, 6.45) is 4.06. The SMILES string of the molecule is CCC[C@@H]1OC(=O)C[C@H]1CC. The summed E-state index contributed by atoms with van der Waals surface area (Å²) in [6.45, 7) is 4.24. The molecular weight excluding hydrogens is 140 g/mol. The monoisotopic (exact) mass is 156 g/mol. The molecule has 0 aromatic heterocycles. The van der Waals surface area contributed by atoms with Crippen LogP contribution >= 0.6 is 0 Å². The van der Waals surface area contributed by atoms with E-state index in [0.29, 0.717) is 12.3 Å². The lowest BCUT2D eigenvalue weighted by molar-refractivity contribution is -0.141. The summed E-state index contributed by atoms with van der Waals surface area (Å²) in [6, 6.07) is 0. The molecule has 2 nitrogen and oxygen atoms in total. The van der Waals surface area contributed by atoms with Crippen LogP contribution in [0.5, 0.6) is 0 Å². The summed E-state index contributed by atoms with van der Waals surface area (Å²) in [5.74, 6) is 0.484. The quantitative estimate of drug-likeness (QED) is 0.585. The van der Waals surface area contributed by atoms with Crippen LogP contribution in [0, 0.1) is 5.92 Å². The molecule has 11 heavy (non-hydrogen) atoms. The molecule has 1 aliphatic heterocycles. The molecule has 0 spiro atoms. The van der Waals surface area contributed by atoms with Crippen molar-refractivity contribution < 1.29 is 9.53 Å². The fourth-order valence-corrected chi connectivity index (χ4v) is 1.65. The molecule has 0 bridgehead atoms. The Morgan fingerprint density at radius 2 is 2.27 bits per heavy atom. The van der Waals surface area contributed by atoms with Crippen molar-refractivity contribution in [2.75, 3.05) is 0 Å². The van der Waals surface area contributed by atoms with Gasteiger partial charge in [0.25, 0.3) is 0 Å². The highest BCUT2D eigenvalue weighted by Crippen LogP contribution is 2.27. The van der Waals surface area contributed by atoms with Crippen molar-refractivity contribution >= 4 is 5.97 Å². The Bertz CT molecular complexity index is 142. The van der Waals surface area contributed by atoms with Crippen LogP contribution in [-0.4, -0.2) is 12.1 Å². The van der Waals surface area contributed by atoms with Crippen molar-refractivity contribution in [2.45, 2.75) is 45.6 Å². The highest BCUT2D eigenvalue weighted by atomic mass is 16.5. The summed E-state index contributed by atoms with van der Waals surface area (Å²) < 4.78 is 5.17. The molecule has 0 aromatic rings. The predicted molar refractivity (Wildman–Crippen MR) is 43.2 cm³/mol. The van der Waals surface area contributed by atoms with Crippen LogP contribution in [0.3, 0.4) is 0 Å². The Morgan fingerprint density at radius 3 is 2.82 bits per heavy atom. The minimum atomic E-state index is -0.00435. The lowest BCUT2D eigenvalue weighted by Gasteiger charge is -2.13. The Labute approximate surface area is 67.9 Å². The van der Waals surface area contributed by atoms with Crippen molar-refractivity contribution in [2.24, 2.45) is 5.92 Å². The normalized spacial score (nSPS) is 30.5. The Morgan fingerprint density at radius 1 is 1.55 bits per heavy atom.